The molecule has 1 unspecified atom stereocenters. The predicted octanol–water partition coefficient (Wildman–Crippen LogP) is 2.87. The zero-order valence-electron chi connectivity index (χ0n) is 9.73. The van der Waals surface area contributed by atoms with Gasteiger partial charge in [0, 0.05) is 24.0 Å². The first-order valence-corrected chi connectivity index (χ1v) is 6.96. The lowest BCUT2D eigenvalue weighted by molar-refractivity contribution is 0.716. The summed E-state index contributed by atoms with van der Waals surface area (Å²) in [5, 5.41) is 3.13. The highest BCUT2D eigenvalue weighted by molar-refractivity contribution is 7.09. The second-order valence-corrected chi connectivity index (χ2v) is 5.60. The van der Waals surface area contributed by atoms with E-state index in [4.69, 9.17) is 5.73 Å². The van der Waals surface area contributed by atoms with E-state index < -0.39 is 0 Å². The fraction of sp³-hybridized carbons (Fsp3) is 0.357. The van der Waals surface area contributed by atoms with Gasteiger partial charge in [-0.15, -0.1) is 11.3 Å². The third kappa shape index (κ3) is 2.26. The number of fused-ring (bicyclic) bond motifs is 1. The molecule has 0 spiro atoms. The third-order valence-electron chi connectivity index (χ3n) is 3.43. The Hall–Kier alpha value is -1.19. The molecule has 0 aliphatic heterocycles. The Labute approximate surface area is 106 Å². The van der Waals surface area contributed by atoms with E-state index >= 15 is 0 Å². The lowest BCUT2D eigenvalue weighted by atomic mass is 10.00. The number of hydrogen-bond donors (Lipinski definition) is 1. The summed E-state index contributed by atoms with van der Waals surface area (Å²) in [5.41, 5.74) is 10.5. The van der Waals surface area contributed by atoms with Gasteiger partial charge in [-0.1, -0.05) is 18.2 Å². The summed E-state index contributed by atoms with van der Waals surface area (Å²) < 4.78 is 0. The van der Waals surface area contributed by atoms with Gasteiger partial charge in [0.15, 0.2) is 0 Å². The van der Waals surface area contributed by atoms with E-state index in [9.17, 15) is 0 Å². The molecule has 1 aliphatic carbocycles. The number of rotatable bonds is 3. The van der Waals surface area contributed by atoms with Crippen molar-refractivity contribution in [3.8, 4) is 0 Å². The lowest BCUT2D eigenvalue weighted by Crippen LogP contribution is -2.13. The van der Waals surface area contributed by atoms with Gasteiger partial charge in [-0.2, -0.15) is 0 Å². The molecule has 88 valence electrons. The van der Waals surface area contributed by atoms with Crippen LogP contribution in [0.1, 0.15) is 34.2 Å². The summed E-state index contributed by atoms with van der Waals surface area (Å²) in [4.78, 5) is 4.29. The first kappa shape index (κ1) is 10.9. The van der Waals surface area contributed by atoms with Crippen LogP contribution in [0.15, 0.2) is 29.8 Å². The molecule has 2 nitrogen and oxygen atoms in total. The van der Waals surface area contributed by atoms with E-state index in [0.717, 1.165) is 11.4 Å². The van der Waals surface area contributed by atoms with Crippen LogP contribution in [0.2, 0.25) is 0 Å². The van der Waals surface area contributed by atoms with Gasteiger partial charge in [0.2, 0.25) is 0 Å². The Bertz CT molecular complexity index is 505. The quantitative estimate of drug-likeness (QED) is 0.901. The van der Waals surface area contributed by atoms with Gasteiger partial charge < -0.3 is 5.73 Å². The Morgan fingerprint density at radius 3 is 3.00 bits per heavy atom. The molecule has 0 bridgehead atoms. The molecule has 1 aromatic heterocycles. The molecule has 1 atom stereocenters. The van der Waals surface area contributed by atoms with Crippen LogP contribution in [0.4, 0.5) is 0 Å². The van der Waals surface area contributed by atoms with Gasteiger partial charge in [-0.05, 0) is 36.0 Å². The van der Waals surface area contributed by atoms with Gasteiger partial charge in [0.25, 0.3) is 0 Å². The van der Waals surface area contributed by atoms with E-state index in [-0.39, 0.29) is 6.04 Å². The van der Waals surface area contributed by atoms with Crippen molar-refractivity contribution < 1.29 is 0 Å². The largest absolute Gasteiger partial charge is 0.324 e. The van der Waals surface area contributed by atoms with Crippen LogP contribution in [-0.2, 0) is 19.3 Å². The normalized spacial score (nSPS) is 15.8. The zero-order chi connectivity index (χ0) is 11.7. The Kier molecular flexibility index (Phi) is 2.95. The summed E-state index contributed by atoms with van der Waals surface area (Å²) in [6.45, 7) is 0. The Balaban J connectivity index is 1.79. The van der Waals surface area contributed by atoms with Gasteiger partial charge in [0.05, 0.1) is 5.01 Å². The van der Waals surface area contributed by atoms with Crippen molar-refractivity contribution in [1.29, 1.82) is 0 Å². The van der Waals surface area contributed by atoms with Crippen LogP contribution in [-0.4, -0.2) is 4.98 Å². The average molecular weight is 244 g/mol. The molecular formula is C14H16N2S. The molecule has 0 radical (unpaired) electrons. The molecule has 0 fully saturated rings. The molecule has 2 N–H and O–H groups in total. The maximum atomic E-state index is 6.25. The standard InChI is InChI=1S/C14H16N2S/c15-13(9-14-16-6-7-17-14)12-5-4-10-2-1-3-11(10)8-12/h4-8,13H,1-3,9,15H2. The molecule has 1 heterocycles. The number of aromatic nitrogens is 1. The summed E-state index contributed by atoms with van der Waals surface area (Å²) in [7, 11) is 0. The van der Waals surface area contributed by atoms with Gasteiger partial charge in [-0.25, -0.2) is 4.98 Å². The van der Waals surface area contributed by atoms with Crippen molar-refractivity contribution in [3.05, 3.63) is 51.5 Å². The molecule has 3 heteroatoms. The molecule has 2 aromatic rings. The van der Waals surface area contributed by atoms with Crippen LogP contribution < -0.4 is 5.73 Å². The first-order chi connectivity index (χ1) is 8.33. The number of hydrogen-bond acceptors (Lipinski definition) is 3. The maximum Gasteiger partial charge on any atom is 0.0943 e. The predicted molar refractivity (Wildman–Crippen MR) is 71.2 cm³/mol. The Morgan fingerprint density at radius 2 is 2.18 bits per heavy atom. The fourth-order valence-corrected chi connectivity index (χ4v) is 3.16. The smallest absolute Gasteiger partial charge is 0.0943 e. The minimum atomic E-state index is 0.0760. The van der Waals surface area contributed by atoms with Gasteiger partial charge in [0.1, 0.15) is 0 Å². The van der Waals surface area contributed by atoms with Crippen molar-refractivity contribution in [3.63, 3.8) is 0 Å². The summed E-state index contributed by atoms with van der Waals surface area (Å²) in [5.74, 6) is 0. The number of thiazole rings is 1. The molecular weight excluding hydrogens is 228 g/mol. The number of aryl methyl sites for hydroxylation is 2. The number of benzene rings is 1. The highest BCUT2D eigenvalue weighted by Crippen LogP contribution is 2.26. The average Bonchev–Trinajstić information content (AvgIpc) is 2.97. The second kappa shape index (κ2) is 4.59. The van der Waals surface area contributed by atoms with Crippen molar-refractivity contribution in [2.75, 3.05) is 0 Å². The van der Waals surface area contributed by atoms with E-state index in [2.05, 4.69) is 23.2 Å². The molecule has 0 amide bonds. The van der Waals surface area contributed by atoms with Crippen molar-refractivity contribution in [2.45, 2.75) is 31.7 Å². The van der Waals surface area contributed by atoms with Crippen LogP contribution in [0.3, 0.4) is 0 Å². The lowest BCUT2D eigenvalue weighted by Gasteiger charge is -2.12. The van der Waals surface area contributed by atoms with Crippen LogP contribution in [0, 0.1) is 0 Å². The molecule has 3 rings (SSSR count). The van der Waals surface area contributed by atoms with E-state index in [1.165, 1.54) is 36.0 Å². The van der Waals surface area contributed by atoms with Crippen molar-refractivity contribution in [1.82, 2.24) is 4.98 Å². The Morgan fingerprint density at radius 1 is 1.29 bits per heavy atom. The van der Waals surface area contributed by atoms with E-state index in [1.54, 1.807) is 11.3 Å². The second-order valence-electron chi connectivity index (χ2n) is 4.62. The maximum absolute atomic E-state index is 6.25. The van der Waals surface area contributed by atoms with Crippen LogP contribution in [0.5, 0.6) is 0 Å². The minimum absolute atomic E-state index is 0.0760. The highest BCUT2D eigenvalue weighted by Gasteiger charge is 2.14. The van der Waals surface area contributed by atoms with Crippen molar-refractivity contribution in [2.24, 2.45) is 5.73 Å². The minimum Gasteiger partial charge on any atom is -0.324 e. The molecule has 1 aromatic carbocycles. The van der Waals surface area contributed by atoms with Gasteiger partial charge >= 0.3 is 0 Å². The van der Waals surface area contributed by atoms with Crippen molar-refractivity contribution >= 4 is 11.3 Å². The van der Waals surface area contributed by atoms with Gasteiger partial charge in [-0.3, -0.25) is 0 Å². The number of nitrogens with zero attached hydrogens (tertiary/aromatic N) is 1. The SMILES string of the molecule is NC(Cc1nccs1)c1ccc2c(c1)CCC2. The number of nitrogens with two attached hydrogens (primary N) is 1. The van der Waals surface area contributed by atoms with Crippen LogP contribution in [0.25, 0.3) is 0 Å². The monoisotopic (exact) mass is 244 g/mol. The van der Waals surface area contributed by atoms with E-state index in [1.807, 2.05) is 11.6 Å². The zero-order valence-corrected chi connectivity index (χ0v) is 10.5. The summed E-state index contributed by atoms with van der Waals surface area (Å²) in [6.07, 6.45) is 6.43. The summed E-state index contributed by atoms with van der Waals surface area (Å²) in [6, 6.07) is 6.80. The fourth-order valence-electron chi connectivity index (χ4n) is 2.48. The topological polar surface area (TPSA) is 38.9 Å². The molecule has 17 heavy (non-hydrogen) atoms. The molecule has 0 saturated carbocycles. The molecule has 1 aliphatic rings. The first-order valence-electron chi connectivity index (χ1n) is 6.08. The summed E-state index contributed by atoms with van der Waals surface area (Å²) >= 11 is 1.68. The van der Waals surface area contributed by atoms with E-state index in [0.29, 0.717) is 0 Å². The highest BCUT2D eigenvalue weighted by atomic mass is 32.1. The van der Waals surface area contributed by atoms with Crippen LogP contribution >= 0.6 is 11.3 Å². The third-order valence-corrected chi connectivity index (χ3v) is 4.23. The molecule has 0 saturated heterocycles.